The molecule has 6 heteroatoms. The molecule has 0 fully saturated rings. The van der Waals surface area contributed by atoms with E-state index in [0.29, 0.717) is 0 Å². The molecule has 1 N–H and O–H groups in total. The molecule has 5 nitrogen and oxygen atoms in total. The van der Waals surface area contributed by atoms with Crippen LogP contribution in [0.1, 0.15) is 12.5 Å². The van der Waals surface area contributed by atoms with Crippen LogP contribution in [0.5, 0.6) is 0 Å². The second-order valence-corrected chi connectivity index (χ2v) is 5.72. The molecule has 2 aromatic rings. The van der Waals surface area contributed by atoms with Crippen LogP contribution in [0.15, 0.2) is 36.7 Å². The van der Waals surface area contributed by atoms with Crippen LogP contribution in [-0.2, 0) is 6.42 Å². The third-order valence-electron chi connectivity index (χ3n) is 3.23. The van der Waals surface area contributed by atoms with E-state index in [1.165, 1.54) is 4.90 Å². The molecule has 1 aromatic carbocycles. The lowest BCUT2D eigenvalue weighted by atomic mass is 10.0. The highest BCUT2D eigenvalue weighted by Crippen LogP contribution is 2.19. The quantitative estimate of drug-likeness (QED) is 0.882. The zero-order valence-electron chi connectivity index (χ0n) is 12.9. The molecule has 0 saturated heterocycles. The van der Waals surface area contributed by atoms with Crippen LogP contribution in [0.3, 0.4) is 0 Å². The normalized spacial score (nSPS) is 11.8. The standard InChI is InChI=1S/C16H19ClN4O/c1-11(20-16(22)21(2)3)8-12-4-6-13(7-5-12)14-9-18-15(17)19-10-14/h4-7,9-11H,8H2,1-3H3,(H,20,22). The smallest absolute Gasteiger partial charge is 0.317 e. The van der Waals surface area contributed by atoms with Crippen molar-refractivity contribution < 1.29 is 4.79 Å². The summed E-state index contributed by atoms with van der Waals surface area (Å²) in [5.41, 5.74) is 3.11. The van der Waals surface area contributed by atoms with Gasteiger partial charge >= 0.3 is 6.03 Å². The molecule has 1 aromatic heterocycles. The highest BCUT2D eigenvalue weighted by molar-refractivity contribution is 6.28. The SMILES string of the molecule is CC(Cc1ccc(-c2cnc(Cl)nc2)cc1)NC(=O)N(C)C. The summed E-state index contributed by atoms with van der Waals surface area (Å²) < 4.78 is 0. The van der Waals surface area contributed by atoms with Gasteiger partial charge in [0.1, 0.15) is 0 Å². The van der Waals surface area contributed by atoms with Crippen molar-refractivity contribution in [3.05, 3.63) is 47.5 Å². The molecule has 116 valence electrons. The first kappa shape index (κ1) is 16.2. The van der Waals surface area contributed by atoms with Crippen LogP contribution in [0.2, 0.25) is 5.28 Å². The summed E-state index contributed by atoms with van der Waals surface area (Å²) in [6.45, 7) is 1.99. The number of hydrogen-bond acceptors (Lipinski definition) is 3. The molecular formula is C16H19ClN4O. The van der Waals surface area contributed by atoms with E-state index in [-0.39, 0.29) is 17.4 Å². The van der Waals surface area contributed by atoms with Gasteiger partial charge in [-0.25, -0.2) is 14.8 Å². The molecule has 1 atom stereocenters. The highest BCUT2D eigenvalue weighted by atomic mass is 35.5. The summed E-state index contributed by atoms with van der Waals surface area (Å²) in [6.07, 6.45) is 4.17. The van der Waals surface area contributed by atoms with E-state index < -0.39 is 0 Å². The lowest BCUT2D eigenvalue weighted by Crippen LogP contribution is -2.40. The van der Waals surface area contributed by atoms with E-state index in [9.17, 15) is 4.79 Å². The second kappa shape index (κ2) is 7.22. The van der Waals surface area contributed by atoms with Crippen LogP contribution in [0, 0.1) is 0 Å². The van der Waals surface area contributed by atoms with Crippen LogP contribution < -0.4 is 5.32 Å². The van der Waals surface area contributed by atoms with Gasteiger partial charge in [-0.1, -0.05) is 24.3 Å². The average Bonchev–Trinajstić information content (AvgIpc) is 2.48. The first-order chi connectivity index (χ1) is 10.5. The molecule has 0 saturated carbocycles. The van der Waals surface area contributed by atoms with Crippen molar-refractivity contribution in [2.45, 2.75) is 19.4 Å². The molecule has 0 spiro atoms. The number of urea groups is 1. The van der Waals surface area contributed by atoms with Gasteiger partial charge in [-0.3, -0.25) is 0 Å². The monoisotopic (exact) mass is 318 g/mol. The number of nitrogens with one attached hydrogen (secondary N) is 1. The van der Waals surface area contributed by atoms with Crippen molar-refractivity contribution >= 4 is 17.6 Å². The molecule has 0 aliphatic rings. The first-order valence-electron chi connectivity index (χ1n) is 7.00. The Morgan fingerprint density at radius 2 is 1.77 bits per heavy atom. The molecule has 22 heavy (non-hydrogen) atoms. The lowest BCUT2D eigenvalue weighted by molar-refractivity contribution is 0.214. The number of halogens is 1. The number of aromatic nitrogens is 2. The van der Waals surface area contributed by atoms with Gasteiger partial charge in [0.05, 0.1) is 0 Å². The zero-order valence-corrected chi connectivity index (χ0v) is 13.6. The average molecular weight is 319 g/mol. The molecule has 0 aliphatic heterocycles. The number of amides is 2. The van der Waals surface area contributed by atoms with Crippen LogP contribution >= 0.6 is 11.6 Å². The molecule has 0 bridgehead atoms. The minimum absolute atomic E-state index is 0.0691. The summed E-state index contributed by atoms with van der Waals surface area (Å²) >= 11 is 5.69. The molecule has 2 rings (SSSR count). The number of carbonyl (C=O) groups is 1. The zero-order chi connectivity index (χ0) is 16.1. The third-order valence-corrected chi connectivity index (χ3v) is 3.42. The Morgan fingerprint density at radius 1 is 1.18 bits per heavy atom. The van der Waals surface area contributed by atoms with Gasteiger partial charge in [0.2, 0.25) is 5.28 Å². The second-order valence-electron chi connectivity index (χ2n) is 5.39. The van der Waals surface area contributed by atoms with E-state index in [2.05, 4.69) is 15.3 Å². The number of nitrogens with zero attached hydrogens (tertiary/aromatic N) is 3. The van der Waals surface area contributed by atoms with Crippen molar-refractivity contribution in [3.63, 3.8) is 0 Å². The van der Waals surface area contributed by atoms with E-state index in [4.69, 9.17) is 11.6 Å². The van der Waals surface area contributed by atoms with Gasteiger partial charge < -0.3 is 10.2 Å². The largest absolute Gasteiger partial charge is 0.335 e. The van der Waals surface area contributed by atoms with Crippen molar-refractivity contribution in [2.75, 3.05) is 14.1 Å². The van der Waals surface area contributed by atoms with E-state index in [1.807, 2.05) is 31.2 Å². The molecule has 1 heterocycles. The number of hydrogen-bond donors (Lipinski definition) is 1. The maximum absolute atomic E-state index is 11.6. The Kier molecular flexibility index (Phi) is 5.33. The fourth-order valence-electron chi connectivity index (χ4n) is 2.04. The predicted molar refractivity (Wildman–Crippen MR) is 87.9 cm³/mol. The van der Waals surface area contributed by atoms with Gasteiger partial charge in [-0.2, -0.15) is 0 Å². The van der Waals surface area contributed by atoms with Gasteiger partial charge in [-0.15, -0.1) is 0 Å². The predicted octanol–water partition coefficient (Wildman–Crippen LogP) is 3.00. The van der Waals surface area contributed by atoms with Gasteiger partial charge in [0.15, 0.2) is 0 Å². The Hall–Kier alpha value is -2.14. The number of carbonyl (C=O) groups excluding carboxylic acids is 1. The summed E-state index contributed by atoms with van der Waals surface area (Å²) in [5.74, 6) is 0. The fourth-order valence-corrected chi connectivity index (χ4v) is 2.14. The number of benzene rings is 1. The third kappa shape index (κ3) is 4.43. The van der Waals surface area contributed by atoms with E-state index in [1.54, 1.807) is 26.5 Å². The molecule has 2 amide bonds. The highest BCUT2D eigenvalue weighted by Gasteiger charge is 2.09. The first-order valence-corrected chi connectivity index (χ1v) is 7.38. The van der Waals surface area contributed by atoms with Gasteiger partial charge in [0.25, 0.3) is 0 Å². The maximum Gasteiger partial charge on any atom is 0.317 e. The minimum atomic E-state index is -0.0811. The Balaban J connectivity index is 2.00. The van der Waals surface area contributed by atoms with Crippen LogP contribution in [0.25, 0.3) is 11.1 Å². The summed E-state index contributed by atoms with van der Waals surface area (Å²) in [6, 6.07) is 8.11. The summed E-state index contributed by atoms with van der Waals surface area (Å²) in [7, 11) is 3.45. The topological polar surface area (TPSA) is 58.1 Å². The Morgan fingerprint density at radius 3 is 2.32 bits per heavy atom. The van der Waals surface area contributed by atoms with Crippen molar-refractivity contribution in [1.82, 2.24) is 20.2 Å². The molecule has 1 unspecified atom stereocenters. The molecule has 0 radical (unpaired) electrons. The Labute approximate surface area is 135 Å². The van der Waals surface area contributed by atoms with E-state index >= 15 is 0 Å². The number of rotatable bonds is 4. The van der Waals surface area contributed by atoms with Crippen molar-refractivity contribution in [3.8, 4) is 11.1 Å². The van der Waals surface area contributed by atoms with Crippen LogP contribution in [-0.4, -0.2) is 41.0 Å². The summed E-state index contributed by atoms with van der Waals surface area (Å²) in [5, 5.41) is 3.17. The molecular weight excluding hydrogens is 300 g/mol. The van der Waals surface area contributed by atoms with Crippen molar-refractivity contribution in [1.29, 1.82) is 0 Å². The fraction of sp³-hybridized carbons (Fsp3) is 0.312. The van der Waals surface area contributed by atoms with Crippen molar-refractivity contribution in [2.24, 2.45) is 0 Å². The molecule has 0 aliphatic carbocycles. The summed E-state index contributed by atoms with van der Waals surface area (Å²) in [4.78, 5) is 21.1. The van der Waals surface area contributed by atoms with E-state index in [0.717, 1.165) is 23.1 Å². The lowest BCUT2D eigenvalue weighted by Gasteiger charge is -2.18. The van der Waals surface area contributed by atoms with Crippen LogP contribution in [0.4, 0.5) is 4.79 Å². The Bertz CT molecular complexity index is 626. The van der Waals surface area contributed by atoms with Gasteiger partial charge in [0, 0.05) is 38.1 Å². The minimum Gasteiger partial charge on any atom is -0.335 e. The maximum atomic E-state index is 11.6. The van der Waals surface area contributed by atoms with Gasteiger partial charge in [-0.05, 0) is 36.1 Å².